The van der Waals surface area contributed by atoms with Crippen LogP contribution in [0.2, 0.25) is 5.02 Å². The first-order valence-corrected chi connectivity index (χ1v) is 6.28. The number of carbonyl (C=O) groups is 1. The fourth-order valence-corrected chi connectivity index (χ4v) is 2.17. The fourth-order valence-electron chi connectivity index (χ4n) is 1.99. The molecule has 0 atom stereocenters. The third-order valence-electron chi connectivity index (χ3n) is 3.04. The van der Waals surface area contributed by atoms with Gasteiger partial charge >= 0.3 is 5.97 Å². The summed E-state index contributed by atoms with van der Waals surface area (Å²) in [6, 6.07) is 7.04. The number of aryl methyl sites for hydroxylation is 1. The van der Waals surface area contributed by atoms with Crippen molar-refractivity contribution < 1.29 is 9.90 Å². The van der Waals surface area contributed by atoms with Gasteiger partial charge in [-0.05, 0) is 30.7 Å². The number of pyridine rings is 1. The molecule has 2 aromatic heterocycles. The van der Waals surface area contributed by atoms with Crippen molar-refractivity contribution in [3.8, 4) is 11.4 Å². The Hall–Kier alpha value is -2.40. The van der Waals surface area contributed by atoms with Crippen molar-refractivity contribution in [3.05, 3.63) is 46.6 Å². The number of aromatic amines is 1. The van der Waals surface area contributed by atoms with E-state index >= 15 is 0 Å². The predicted molar refractivity (Wildman–Crippen MR) is 76.0 cm³/mol. The molecule has 2 heterocycles. The number of halogens is 1. The summed E-state index contributed by atoms with van der Waals surface area (Å²) in [6.07, 6.45) is 1.29. The molecule has 100 valence electrons. The molecule has 0 spiro atoms. The van der Waals surface area contributed by atoms with E-state index in [9.17, 15) is 4.79 Å². The first-order valence-electron chi connectivity index (χ1n) is 5.90. The number of hydrogen-bond acceptors (Lipinski definition) is 3. The van der Waals surface area contributed by atoms with E-state index in [-0.39, 0.29) is 5.56 Å². The molecule has 0 aliphatic carbocycles. The quantitative estimate of drug-likeness (QED) is 0.758. The molecule has 5 nitrogen and oxygen atoms in total. The number of rotatable bonds is 2. The minimum atomic E-state index is -1.02. The molecular weight excluding hydrogens is 278 g/mol. The monoisotopic (exact) mass is 287 g/mol. The van der Waals surface area contributed by atoms with Gasteiger partial charge < -0.3 is 10.1 Å². The molecule has 20 heavy (non-hydrogen) atoms. The van der Waals surface area contributed by atoms with E-state index in [1.165, 1.54) is 12.3 Å². The first kappa shape index (κ1) is 12.6. The predicted octanol–water partition coefficient (Wildman–Crippen LogP) is 3.28. The Kier molecular flexibility index (Phi) is 2.91. The van der Waals surface area contributed by atoms with E-state index < -0.39 is 5.97 Å². The van der Waals surface area contributed by atoms with Gasteiger partial charge in [0.1, 0.15) is 5.82 Å². The number of fused-ring (bicyclic) bond motifs is 1. The number of aromatic nitrogens is 3. The van der Waals surface area contributed by atoms with Crippen LogP contribution < -0.4 is 0 Å². The maximum Gasteiger partial charge on any atom is 0.337 e. The second-order valence-electron chi connectivity index (χ2n) is 4.44. The smallest absolute Gasteiger partial charge is 0.337 e. The summed E-state index contributed by atoms with van der Waals surface area (Å²) in [4.78, 5) is 22.4. The van der Waals surface area contributed by atoms with Crippen LogP contribution >= 0.6 is 11.6 Å². The van der Waals surface area contributed by atoms with E-state index in [4.69, 9.17) is 16.7 Å². The van der Waals surface area contributed by atoms with Crippen molar-refractivity contribution in [1.82, 2.24) is 15.0 Å². The molecule has 0 saturated carbocycles. The molecule has 1 aromatic carbocycles. The third-order valence-corrected chi connectivity index (χ3v) is 3.27. The zero-order valence-corrected chi connectivity index (χ0v) is 11.3. The van der Waals surface area contributed by atoms with Crippen molar-refractivity contribution >= 4 is 28.7 Å². The van der Waals surface area contributed by atoms with Crippen molar-refractivity contribution in [2.75, 3.05) is 0 Å². The van der Waals surface area contributed by atoms with Gasteiger partial charge in [-0.1, -0.05) is 17.7 Å². The Morgan fingerprint density at radius 1 is 1.35 bits per heavy atom. The molecule has 0 unspecified atom stereocenters. The molecule has 0 aliphatic rings. The summed E-state index contributed by atoms with van der Waals surface area (Å²) >= 11 is 6.00. The Labute approximate surface area is 119 Å². The lowest BCUT2D eigenvalue weighted by Crippen LogP contribution is -1.96. The van der Waals surface area contributed by atoms with Gasteiger partial charge in [-0.2, -0.15) is 0 Å². The van der Waals surface area contributed by atoms with Crippen LogP contribution in [0.5, 0.6) is 0 Å². The number of benzene rings is 1. The van der Waals surface area contributed by atoms with Gasteiger partial charge in [-0.25, -0.2) is 14.8 Å². The van der Waals surface area contributed by atoms with Gasteiger partial charge in [0.05, 0.1) is 11.1 Å². The van der Waals surface area contributed by atoms with E-state index in [1.807, 2.05) is 25.1 Å². The molecule has 0 fully saturated rings. The molecule has 0 aliphatic heterocycles. The molecular formula is C14H10ClN3O2. The van der Waals surface area contributed by atoms with E-state index in [0.29, 0.717) is 22.0 Å². The van der Waals surface area contributed by atoms with Gasteiger partial charge in [0, 0.05) is 16.8 Å². The summed E-state index contributed by atoms with van der Waals surface area (Å²) in [7, 11) is 0. The third kappa shape index (κ3) is 2.12. The maximum absolute atomic E-state index is 10.9. The van der Waals surface area contributed by atoms with Gasteiger partial charge in [0.25, 0.3) is 0 Å². The highest BCUT2D eigenvalue weighted by Crippen LogP contribution is 2.26. The second-order valence-corrected chi connectivity index (χ2v) is 4.88. The number of carboxylic acids is 1. The number of hydrogen-bond donors (Lipinski definition) is 2. The number of carboxylic acid groups (broad SMARTS) is 1. The standard InChI is InChI=1S/C14H10ClN3O2/c1-7-2-3-9(15)5-10(7)12-17-11-4-8(14(19)20)6-16-13(11)18-12/h2-6H,1H3,(H,19,20)(H,16,17,18). The number of imidazole rings is 1. The average molecular weight is 288 g/mol. The molecule has 3 rings (SSSR count). The molecule has 0 bridgehead atoms. The summed E-state index contributed by atoms with van der Waals surface area (Å²) in [5.74, 6) is -0.399. The van der Waals surface area contributed by atoms with Crippen molar-refractivity contribution in [1.29, 1.82) is 0 Å². The van der Waals surface area contributed by atoms with Crippen LogP contribution in [0.3, 0.4) is 0 Å². The van der Waals surface area contributed by atoms with Crippen LogP contribution in [0.15, 0.2) is 30.5 Å². The lowest BCUT2D eigenvalue weighted by Gasteiger charge is -2.02. The van der Waals surface area contributed by atoms with E-state index in [1.54, 1.807) is 0 Å². The van der Waals surface area contributed by atoms with Crippen molar-refractivity contribution in [2.45, 2.75) is 6.92 Å². The second kappa shape index (κ2) is 4.61. The minimum absolute atomic E-state index is 0.121. The van der Waals surface area contributed by atoms with Crippen LogP contribution in [-0.2, 0) is 0 Å². The molecule has 0 saturated heterocycles. The van der Waals surface area contributed by atoms with Crippen LogP contribution in [0.1, 0.15) is 15.9 Å². The zero-order chi connectivity index (χ0) is 14.3. The largest absolute Gasteiger partial charge is 0.478 e. The fraction of sp³-hybridized carbons (Fsp3) is 0.0714. The van der Waals surface area contributed by atoms with Crippen molar-refractivity contribution in [3.63, 3.8) is 0 Å². The normalized spacial score (nSPS) is 10.9. The summed E-state index contributed by atoms with van der Waals surface area (Å²) in [5.41, 5.74) is 3.07. The zero-order valence-electron chi connectivity index (χ0n) is 10.5. The Morgan fingerprint density at radius 2 is 2.15 bits per heavy atom. The molecule has 3 aromatic rings. The molecule has 2 N–H and O–H groups in total. The highest BCUT2D eigenvalue weighted by atomic mass is 35.5. The van der Waals surface area contributed by atoms with Gasteiger partial charge in [-0.15, -0.1) is 0 Å². The SMILES string of the molecule is Cc1ccc(Cl)cc1-c1nc2ncc(C(=O)O)cc2[nH]1. The van der Waals surface area contributed by atoms with Crippen LogP contribution in [-0.4, -0.2) is 26.0 Å². The Bertz CT molecular complexity index is 826. The van der Waals surface area contributed by atoms with Crippen molar-refractivity contribution in [2.24, 2.45) is 0 Å². The average Bonchev–Trinajstić information content (AvgIpc) is 2.83. The van der Waals surface area contributed by atoms with Gasteiger partial charge in [-0.3, -0.25) is 0 Å². The van der Waals surface area contributed by atoms with Gasteiger partial charge in [0.15, 0.2) is 5.65 Å². The Morgan fingerprint density at radius 3 is 2.90 bits per heavy atom. The van der Waals surface area contributed by atoms with E-state index in [0.717, 1.165) is 11.1 Å². The maximum atomic E-state index is 10.9. The lowest BCUT2D eigenvalue weighted by molar-refractivity contribution is 0.0696. The summed E-state index contributed by atoms with van der Waals surface area (Å²) in [6.45, 7) is 1.95. The molecule has 0 radical (unpaired) electrons. The molecule has 0 amide bonds. The van der Waals surface area contributed by atoms with Gasteiger partial charge in [0.2, 0.25) is 0 Å². The Balaban J connectivity index is 2.17. The van der Waals surface area contributed by atoms with Crippen LogP contribution in [0, 0.1) is 6.92 Å². The number of nitrogens with zero attached hydrogens (tertiary/aromatic N) is 2. The van der Waals surface area contributed by atoms with Crippen LogP contribution in [0.25, 0.3) is 22.6 Å². The number of H-pyrrole nitrogens is 1. The topological polar surface area (TPSA) is 78.9 Å². The van der Waals surface area contributed by atoms with E-state index in [2.05, 4.69) is 15.0 Å². The number of nitrogens with one attached hydrogen (secondary N) is 1. The van der Waals surface area contributed by atoms with Crippen LogP contribution in [0.4, 0.5) is 0 Å². The summed E-state index contributed by atoms with van der Waals surface area (Å²) < 4.78 is 0. The first-order chi connectivity index (χ1) is 9.54. The summed E-state index contributed by atoms with van der Waals surface area (Å²) in [5, 5.41) is 9.57. The minimum Gasteiger partial charge on any atom is -0.478 e. The highest BCUT2D eigenvalue weighted by Gasteiger charge is 2.11. The number of aromatic carboxylic acids is 1. The highest BCUT2D eigenvalue weighted by molar-refractivity contribution is 6.30. The molecule has 6 heteroatoms. The lowest BCUT2D eigenvalue weighted by atomic mass is 10.1.